The molecule has 0 saturated heterocycles. The maximum absolute atomic E-state index is 12.1. The molecule has 2 aromatic rings. The lowest BCUT2D eigenvalue weighted by Gasteiger charge is -2.19. The number of hydrogen-bond acceptors (Lipinski definition) is 5. The third-order valence-corrected chi connectivity index (χ3v) is 5.15. The van der Waals surface area contributed by atoms with Crippen molar-refractivity contribution < 1.29 is 17.9 Å². The van der Waals surface area contributed by atoms with Crippen molar-refractivity contribution in [2.24, 2.45) is 0 Å². The van der Waals surface area contributed by atoms with E-state index in [9.17, 15) is 13.2 Å². The number of ether oxygens (including phenoxy) is 1. The Kier molecular flexibility index (Phi) is 6.96. The number of hydrogen-bond donors (Lipinski definition) is 1. The summed E-state index contributed by atoms with van der Waals surface area (Å²) in [6, 6.07) is 8.34. The predicted octanol–water partition coefficient (Wildman–Crippen LogP) is 2.53. The fourth-order valence-corrected chi connectivity index (χ4v) is 3.31. The van der Waals surface area contributed by atoms with Gasteiger partial charge in [0.2, 0.25) is 15.9 Å². The Morgan fingerprint density at radius 2 is 1.96 bits per heavy atom. The Morgan fingerprint density at radius 1 is 1.27 bits per heavy atom. The SMILES string of the molecule is COc1ccc(NC(=O)CCN(Cc2ccncc2)S(C)(=O)=O)cc1Cl. The van der Waals surface area contributed by atoms with E-state index in [1.807, 2.05) is 0 Å². The number of halogens is 1. The quantitative estimate of drug-likeness (QED) is 0.739. The van der Waals surface area contributed by atoms with Crippen LogP contribution in [0.5, 0.6) is 5.75 Å². The van der Waals surface area contributed by atoms with E-state index in [4.69, 9.17) is 16.3 Å². The van der Waals surface area contributed by atoms with Gasteiger partial charge in [0.05, 0.1) is 18.4 Å². The molecular weight excluding hydrogens is 378 g/mol. The lowest BCUT2D eigenvalue weighted by Crippen LogP contribution is -2.32. The van der Waals surface area contributed by atoms with Crippen LogP contribution in [0.1, 0.15) is 12.0 Å². The average molecular weight is 398 g/mol. The van der Waals surface area contributed by atoms with Crippen molar-refractivity contribution in [1.29, 1.82) is 0 Å². The molecule has 0 fully saturated rings. The molecule has 26 heavy (non-hydrogen) atoms. The second-order valence-electron chi connectivity index (χ2n) is 5.60. The molecule has 1 heterocycles. The monoisotopic (exact) mass is 397 g/mol. The molecule has 1 amide bonds. The van der Waals surface area contributed by atoms with Crippen LogP contribution in [0.15, 0.2) is 42.7 Å². The van der Waals surface area contributed by atoms with E-state index in [1.165, 1.54) is 11.4 Å². The third kappa shape index (κ3) is 5.98. The molecule has 1 aromatic carbocycles. The third-order valence-electron chi connectivity index (χ3n) is 3.60. The molecule has 9 heteroatoms. The van der Waals surface area contributed by atoms with Gasteiger partial charge in [-0.05, 0) is 35.9 Å². The maximum Gasteiger partial charge on any atom is 0.225 e. The van der Waals surface area contributed by atoms with Crippen LogP contribution in [-0.2, 0) is 21.4 Å². The number of benzene rings is 1. The number of nitrogens with one attached hydrogen (secondary N) is 1. The zero-order valence-corrected chi connectivity index (χ0v) is 16.0. The number of aromatic nitrogens is 1. The normalized spacial score (nSPS) is 11.4. The Balaban J connectivity index is 1.97. The van der Waals surface area contributed by atoms with Crippen LogP contribution >= 0.6 is 11.6 Å². The van der Waals surface area contributed by atoms with Crippen LogP contribution in [0.2, 0.25) is 5.02 Å². The van der Waals surface area contributed by atoms with Gasteiger partial charge in [-0.15, -0.1) is 0 Å². The minimum Gasteiger partial charge on any atom is -0.495 e. The summed E-state index contributed by atoms with van der Waals surface area (Å²) in [6.45, 7) is 0.250. The van der Waals surface area contributed by atoms with Gasteiger partial charge in [0.15, 0.2) is 0 Å². The maximum atomic E-state index is 12.1. The topological polar surface area (TPSA) is 88.6 Å². The summed E-state index contributed by atoms with van der Waals surface area (Å²) in [6.07, 6.45) is 4.32. The second kappa shape index (κ2) is 8.98. The molecule has 0 unspecified atom stereocenters. The summed E-state index contributed by atoms with van der Waals surface area (Å²) in [5, 5.41) is 3.07. The van der Waals surface area contributed by atoms with Crippen molar-refractivity contribution in [1.82, 2.24) is 9.29 Å². The summed E-state index contributed by atoms with van der Waals surface area (Å²) in [5.74, 6) is 0.194. The molecule has 1 N–H and O–H groups in total. The second-order valence-corrected chi connectivity index (χ2v) is 7.99. The average Bonchev–Trinajstić information content (AvgIpc) is 2.58. The van der Waals surface area contributed by atoms with Crippen LogP contribution in [0, 0.1) is 0 Å². The Morgan fingerprint density at radius 3 is 2.54 bits per heavy atom. The highest BCUT2D eigenvalue weighted by Gasteiger charge is 2.18. The number of rotatable bonds is 8. The molecular formula is C17H20ClN3O4S. The molecule has 0 bridgehead atoms. The minimum absolute atomic E-state index is 0.0157. The number of methoxy groups -OCH3 is 1. The number of nitrogens with zero attached hydrogens (tertiary/aromatic N) is 2. The summed E-state index contributed by atoms with van der Waals surface area (Å²) in [5.41, 5.74) is 1.31. The smallest absolute Gasteiger partial charge is 0.225 e. The van der Waals surface area contributed by atoms with Gasteiger partial charge < -0.3 is 10.1 Å². The first kappa shape index (κ1) is 20.2. The molecule has 0 aliphatic carbocycles. The van der Waals surface area contributed by atoms with E-state index in [-0.39, 0.29) is 25.4 Å². The number of sulfonamides is 1. The number of carbonyl (C=O) groups is 1. The number of pyridine rings is 1. The van der Waals surface area contributed by atoms with E-state index in [2.05, 4.69) is 10.3 Å². The van der Waals surface area contributed by atoms with Crippen LogP contribution in [0.3, 0.4) is 0 Å². The summed E-state index contributed by atoms with van der Waals surface area (Å²) < 4.78 is 30.2. The highest BCUT2D eigenvalue weighted by molar-refractivity contribution is 7.88. The van der Waals surface area contributed by atoms with Crippen molar-refractivity contribution >= 4 is 33.2 Å². The number of anilines is 1. The first-order chi connectivity index (χ1) is 12.3. The molecule has 140 valence electrons. The molecule has 0 aliphatic rings. The molecule has 0 aliphatic heterocycles. The number of amides is 1. The van der Waals surface area contributed by atoms with Gasteiger partial charge in [-0.25, -0.2) is 8.42 Å². The van der Waals surface area contributed by atoms with Crippen molar-refractivity contribution in [3.8, 4) is 5.75 Å². The fourth-order valence-electron chi connectivity index (χ4n) is 2.25. The molecule has 0 spiro atoms. The summed E-state index contributed by atoms with van der Waals surface area (Å²) in [7, 11) is -1.95. The minimum atomic E-state index is -3.45. The van der Waals surface area contributed by atoms with Crippen molar-refractivity contribution in [2.45, 2.75) is 13.0 Å². The largest absolute Gasteiger partial charge is 0.495 e. The Hall–Kier alpha value is -2.16. The molecule has 0 saturated carbocycles. The Labute approximate surface area is 158 Å². The lowest BCUT2D eigenvalue weighted by atomic mass is 10.2. The Bertz CT molecular complexity index is 860. The van der Waals surface area contributed by atoms with Crippen molar-refractivity contribution in [3.05, 3.63) is 53.3 Å². The highest BCUT2D eigenvalue weighted by Crippen LogP contribution is 2.27. The van der Waals surface area contributed by atoms with Crippen LogP contribution < -0.4 is 10.1 Å². The molecule has 0 radical (unpaired) electrons. The van der Waals surface area contributed by atoms with E-state index >= 15 is 0 Å². The van der Waals surface area contributed by atoms with Gasteiger partial charge in [0, 0.05) is 37.6 Å². The molecule has 7 nitrogen and oxygen atoms in total. The van der Waals surface area contributed by atoms with Gasteiger partial charge in [0.1, 0.15) is 5.75 Å². The standard InChI is InChI=1S/C17H20ClN3O4S/c1-25-16-4-3-14(11-15(16)18)20-17(22)7-10-21(26(2,23)24)12-13-5-8-19-9-6-13/h3-6,8-9,11H,7,10,12H2,1-2H3,(H,20,22). The molecule has 2 rings (SSSR count). The summed E-state index contributed by atoms with van der Waals surface area (Å²) in [4.78, 5) is 16.0. The van der Waals surface area contributed by atoms with Gasteiger partial charge in [-0.2, -0.15) is 4.31 Å². The van der Waals surface area contributed by atoms with E-state index in [1.54, 1.807) is 42.7 Å². The van der Waals surface area contributed by atoms with E-state index < -0.39 is 10.0 Å². The predicted molar refractivity (Wildman–Crippen MR) is 101 cm³/mol. The van der Waals surface area contributed by atoms with Gasteiger partial charge in [-0.3, -0.25) is 9.78 Å². The first-order valence-electron chi connectivity index (χ1n) is 7.77. The molecule has 0 atom stereocenters. The van der Waals surface area contributed by atoms with Crippen LogP contribution in [0.25, 0.3) is 0 Å². The fraction of sp³-hybridized carbons (Fsp3) is 0.294. The lowest BCUT2D eigenvalue weighted by molar-refractivity contribution is -0.116. The number of carbonyl (C=O) groups excluding carboxylic acids is 1. The summed E-state index contributed by atoms with van der Waals surface area (Å²) >= 11 is 6.02. The van der Waals surface area contributed by atoms with Crippen LogP contribution in [-0.4, -0.2) is 43.5 Å². The first-order valence-corrected chi connectivity index (χ1v) is 9.99. The van der Waals surface area contributed by atoms with E-state index in [0.29, 0.717) is 16.5 Å². The highest BCUT2D eigenvalue weighted by atomic mass is 35.5. The van der Waals surface area contributed by atoms with Gasteiger partial charge in [-0.1, -0.05) is 11.6 Å². The van der Waals surface area contributed by atoms with Gasteiger partial charge in [0.25, 0.3) is 0 Å². The molecule has 1 aromatic heterocycles. The zero-order valence-electron chi connectivity index (χ0n) is 14.5. The van der Waals surface area contributed by atoms with Gasteiger partial charge >= 0.3 is 0 Å². The van der Waals surface area contributed by atoms with Crippen molar-refractivity contribution in [3.63, 3.8) is 0 Å². The van der Waals surface area contributed by atoms with Crippen molar-refractivity contribution in [2.75, 3.05) is 25.2 Å². The van der Waals surface area contributed by atoms with Crippen LogP contribution in [0.4, 0.5) is 5.69 Å². The van der Waals surface area contributed by atoms with E-state index in [0.717, 1.165) is 11.8 Å². The zero-order chi connectivity index (χ0) is 19.2.